The van der Waals surface area contributed by atoms with E-state index in [0.29, 0.717) is 37.7 Å². The SMILES string of the molecule is O=C(c1ccc(Nc2cc(-c3cn[nH]c3-c3ccccn3)ccn2)cc1)N1CCOCC1. The maximum atomic E-state index is 12.6. The number of nitrogens with one attached hydrogen (secondary N) is 2. The number of nitrogens with zero attached hydrogens (tertiary/aromatic N) is 4. The predicted molar refractivity (Wildman–Crippen MR) is 121 cm³/mol. The Morgan fingerprint density at radius 2 is 1.84 bits per heavy atom. The first-order valence-corrected chi connectivity index (χ1v) is 10.4. The van der Waals surface area contributed by atoms with Crippen molar-refractivity contribution in [1.82, 2.24) is 25.1 Å². The van der Waals surface area contributed by atoms with Crippen LogP contribution in [0.25, 0.3) is 22.5 Å². The number of hydrogen-bond acceptors (Lipinski definition) is 6. The highest BCUT2D eigenvalue weighted by molar-refractivity contribution is 5.94. The van der Waals surface area contributed by atoms with Crippen LogP contribution in [0.4, 0.5) is 11.5 Å². The van der Waals surface area contributed by atoms with Crippen molar-refractivity contribution in [2.45, 2.75) is 0 Å². The number of ether oxygens (including phenoxy) is 1. The lowest BCUT2D eigenvalue weighted by Crippen LogP contribution is -2.40. The number of amides is 1. The van der Waals surface area contributed by atoms with Crippen molar-refractivity contribution < 1.29 is 9.53 Å². The van der Waals surface area contributed by atoms with E-state index in [-0.39, 0.29) is 5.91 Å². The first kappa shape index (κ1) is 19.9. The van der Waals surface area contributed by atoms with E-state index >= 15 is 0 Å². The molecule has 8 heteroatoms. The quantitative estimate of drug-likeness (QED) is 0.505. The standard InChI is InChI=1S/C24H22N6O2/c31-24(30-11-13-32-14-12-30)17-4-6-19(7-5-17)28-22-15-18(8-10-26-22)20-16-27-29-23(20)21-3-1-2-9-25-21/h1-10,15-16H,11-14H2,(H,26,28)(H,27,29). The van der Waals surface area contributed by atoms with Crippen LogP contribution in [0.3, 0.4) is 0 Å². The summed E-state index contributed by atoms with van der Waals surface area (Å²) in [5.41, 5.74) is 5.11. The summed E-state index contributed by atoms with van der Waals surface area (Å²) in [4.78, 5) is 23.3. The Kier molecular flexibility index (Phi) is 5.59. The third-order valence-electron chi connectivity index (χ3n) is 5.33. The van der Waals surface area contributed by atoms with Gasteiger partial charge in [0.15, 0.2) is 0 Å². The maximum Gasteiger partial charge on any atom is 0.254 e. The molecule has 8 nitrogen and oxygen atoms in total. The molecule has 1 aliphatic rings. The largest absolute Gasteiger partial charge is 0.378 e. The van der Waals surface area contributed by atoms with Crippen molar-refractivity contribution in [2.24, 2.45) is 0 Å². The van der Waals surface area contributed by atoms with Gasteiger partial charge in [-0.3, -0.25) is 14.9 Å². The van der Waals surface area contributed by atoms with E-state index < -0.39 is 0 Å². The van der Waals surface area contributed by atoms with Gasteiger partial charge in [-0.2, -0.15) is 5.10 Å². The van der Waals surface area contributed by atoms with Crippen molar-refractivity contribution >= 4 is 17.4 Å². The molecule has 3 aromatic heterocycles. The average molecular weight is 426 g/mol. The number of morpholine rings is 1. The molecule has 1 fully saturated rings. The lowest BCUT2D eigenvalue weighted by Gasteiger charge is -2.26. The smallest absolute Gasteiger partial charge is 0.254 e. The van der Waals surface area contributed by atoms with Crippen LogP contribution >= 0.6 is 0 Å². The van der Waals surface area contributed by atoms with E-state index in [1.807, 2.05) is 59.5 Å². The molecule has 1 aromatic carbocycles. The van der Waals surface area contributed by atoms with Gasteiger partial charge in [0.05, 0.1) is 30.8 Å². The lowest BCUT2D eigenvalue weighted by atomic mass is 10.1. The number of aromatic amines is 1. The normalized spacial score (nSPS) is 13.7. The molecule has 1 saturated heterocycles. The number of H-pyrrole nitrogens is 1. The van der Waals surface area contributed by atoms with Crippen molar-refractivity contribution in [1.29, 1.82) is 0 Å². The summed E-state index contributed by atoms with van der Waals surface area (Å²) >= 11 is 0. The van der Waals surface area contributed by atoms with Crippen LogP contribution in [0.5, 0.6) is 0 Å². The number of pyridine rings is 2. The zero-order chi connectivity index (χ0) is 21.8. The van der Waals surface area contributed by atoms with Gasteiger partial charge in [0.1, 0.15) is 5.82 Å². The molecule has 0 spiro atoms. The highest BCUT2D eigenvalue weighted by atomic mass is 16.5. The van der Waals surface area contributed by atoms with Gasteiger partial charge in [-0.15, -0.1) is 0 Å². The summed E-state index contributed by atoms with van der Waals surface area (Å²) in [7, 11) is 0. The van der Waals surface area contributed by atoms with Crippen LogP contribution in [0.1, 0.15) is 10.4 Å². The first-order chi connectivity index (χ1) is 15.8. The zero-order valence-electron chi connectivity index (χ0n) is 17.4. The molecule has 0 bridgehead atoms. The van der Waals surface area contributed by atoms with Crippen molar-refractivity contribution in [3.63, 3.8) is 0 Å². The summed E-state index contributed by atoms with van der Waals surface area (Å²) in [6, 6.07) is 17.1. The minimum atomic E-state index is 0.0296. The Balaban J connectivity index is 1.33. The molecule has 5 rings (SSSR count). The molecule has 160 valence electrons. The topological polar surface area (TPSA) is 96.0 Å². The fourth-order valence-corrected chi connectivity index (χ4v) is 3.67. The molecular weight excluding hydrogens is 404 g/mol. The van der Waals surface area contributed by atoms with Gasteiger partial charge in [-0.25, -0.2) is 4.98 Å². The number of anilines is 2. The Morgan fingerprint density at radius 1 is 1.00 bits per heavy atom. The molecule has 1 aliphatic heterocycles. The van der Waals surface area contributed by atoms with Gasteiger partial charge in [-0.05, 0) is 54.1 Å². The molecule has 0 saturated carbocycles. The van der Waals surface area contributed by atoms with Gasteiger partial charge in [-0.1, -0.05) is 6.07 Å². The fourth-order valence-electron chi connectivity index (χ4n) is 3.67. The van der Waals surface area contributed by atoms with Crippen LogP contribution in [-0.2, 0) is 4.74 Å². The van der Waals surface area contributed by atoms with Crippen molar-refractivity contribution in [3.8, 4) is 22.5 Å². The third kappa shape index (κ3) is 4.21. The fraction of sp³-hybridized carbons (Fsp3) is 0.167. The number of carbonyl (C=O) groups is 1. The van der Waals surface area contributed by atoms with E-state index in [9.17, 15) is 4.79 Å². The number of aromatic nitrogens is 4. The van der Waals surface area contributed by atoms with Crippen LogP contribution in [0, 0.1) is 0 Å². The van der Waals surface area contributed by atoms with Crippen LogP contribution in [0.2, 0.25) is 0 Å². The van der Waals surface area contributed by atoms with E-state index in [2.05, 4.69) is 25.5 Å². The van der Waals surface area contributed by atoms with Crippen LogP contribution < -0.4 is 5.32 Å². The highest BCUT2D eigenvalue weighted by Crippen LogP contribution is 2.30. The first-order valence-electron chi connectivity index (χ1n) is 10.4. The molecule has 0 radical (unpaired) electrons. The number of benzene rings is 1. The molecule has 32 heavy (non-hydrogen) atoms. The van der Waals surface area contributed by atoms with Crippen LogP contribution in [0.15, 0.2) is 73.2 Å². The Bertz CT molecular complexity index is 1200. The monoisotopic (exact) mass is 426 g/mol. The van der Waals surface area contributed by atoms with E-state index in [0.717, 1.165) is 28.2 Å². The van der Waals surface area contributed by atoms with Crippen LogP contribution in [-0.4, -0.2) is 57.3 Å². The Morgan fingerprint density at radius 3 is 2.62 bits per heavy atom. The van der Waals surface area contributed by atoms with Gasteiger partial charge in [0.2, 0.25) is 0 Å². The second kappa shape index (κ2) is 8.99. The number of rotatable bonds is 5. The Hall–Kier alpha value is -4.04. The maximum absolute atomic E-state index is 12.6. The van der Waals surface area contributed by atoms with Gasteiger partial charge in [0.25, 0.3) is 5.91 Å². The summed E-state index contributed by atoms with van der Waals surface area (Å²) in [6.45, 7) is 2.44. The summed E-state index contributed by atoms with van der Waals surface area (Å²) in [5, 5.41) is 10.5. The van der Waals surface area contributed by atoms with Crippen molar-refractivity contribution in [3.05, 3.63) is 78.8 Å². The van der Waals surface area contributed by atoms with E-state index in [1.54, 1.807) is 18.6 Å². The lowest BCUT2D eigenvalue weighted by molar-refractivity contribution is 0.0303. The van der Waals surface area contributed by atoms with Gasteiger partial charge < -0.3 is 15.0 Å². The minimum absolute atomic E-state index is 0.0296. The zero-order valence-corrected chi connectivity index (χ0v) is 17.4. The predicted octanol–water partition coefficient (Wildman–Crippen LogP) is 3.75. The number of hydrogen-bond donors (Lipinski definition) is 2. The molecule has 0 aliphatic carbocycles. The van der Waals surface area contributed by atoms with E-state index in [1.165, 1.54) is 0 Å². The Labute approximate surface area is 185 Å². The average Bonchev–Trinajstić information content (AvgIpc) is 3.36. The second-order valence-corrected chi connectivity index (χ2v) is 7.41. The van der Waals surface area contributed by atoms with Gasteiger partial charge in [0, 0.05) is 42.3 Å². The summed E-state index contributed by atoms with van der Waals surface area (Å²) in [6.07, 6.45) is 5.30. The number of carbonyl (C=O) groups excluding carboxylic acids is 1. The minimum Gasteiger partial charge on any atom is -0.378 e. The molecule has 2 N–H and O–H groups in total. The second-order valence-electron chi connectivity index (χ2n) is 7.41. The molecule has 0 atom stereocenters. The van der Waals surface area contributed by atoms with Crippen molar-refractivity contribution in [2.75, 3.05) is 31.6 Å². The summed E-state index contributed by atoms with van der Waals surface area (Å²) in [5.74, 6) is 0.727. The molecule has 1 amide bonds. The molecule has 4 heterocycles. The van der Waals surface area contributed by atoms with Gasteiger partial charge >= 0.3 is 0 Å². The van der Waals surface area contributed by atoms with E-state index in [4.69, 9.17) is 4.74 Å². The summed E-state index contributed by atoms with van der Waals surface area (Å²) < 4.78 is 5.32. The molecular formula is C24H22N6O2. The third-order valence-corrected chi connectivity index (χ3v) is 5.33. The highest BCUT2D eigenvalue weighted by Gasteiger charge is 2.18. The molecule has 0 unspecified atom stereocenters. The molecule has 4 aromatic rings.